The van der Waals surface area contributed by atoms with Crippen molar-refractivity contribution in [3.05, 3.63) is 47.8 Å². The van der Waals surface area contributed by atoms with Crippen molar-refractivity contribution >= 4 is 17.6 Å². The summed E-state index contributed by atoms with van der Waals surface area (Å²) in [6, 6.07) is -0.645. The number of carbonyl (C=O) groups excluding carboxylic acids is 3. The van der Waals surface area contributed by atoms with Gasteiger partial charge in [0.15, 0.2) is 5.78 Å². The molecule has 0 aromatic carbocycles. The fourth-order valence-corrected chi connectivity index (χ4v) is 7.92. The number of Topliss-reactive ketones (excluding diaryl/α,β-unsaturated/α-hetero) is 1. The fraction of sp³-hybridized carbons (Fsp3) is 0.621. The molecule has 3 N–H and O–H groups in total. The average molecular weight is 479 g/mol. The highest BCUT2D eigenvalue weighted by atomic mass is 16.3. The molecule has 0 spiro atoms. The standard InChI is InChI=1S/C29H38N2O4/c1-3-18-16(2)14-22-20(18)10-11-21-19-6-4-8-26(33)30-13-5-7-24-28(34)27(29(35)31-24)25(32)12-9-17(19)15-23(21)22/h4,8-12,16-24,32H,3,5-7,13-15H2,1-2H3,(H,30,33)(H,31,35). The van der Waals surface area contributed by atoms with Crippen LogP contribution in [0.1, 0.15) is 52.4 Å². The van der Waals surface area contributed by atoms with Gasteiger partial charge in [0.2, 0.25) is 5.91 Å². The molecule has 6 nitrogen and oxygen atoms in total. The number of aliphatic hydroxyl groups is 1. The van der Waals surface area contributed by atoms with E-state index < -0.39 is 11.9 Å². The largest absolute Gasteiger partial charge is 0.507 e. The van der Waals surface area contributed by atoms with Crippen LogP contribution in [0.2, 0.25) is 0 Å². The normalized spacial score (nSPS) is 41.4. The van der Waals surface area contributed by atoms with Crippen LogP contribution in [0.5, 0.6) is 0 Å². The van der Waals surface area contributed by atoms with Gasteiger partial charge < -0.3 is 15.7 Å². The average Bonchev–Trinajstić information content (AvgIpc) is 3.44. The van der Waals surface area contributed by atoms with E-state index in [-0.39, 0.29) is 28.9 Å². The summed E-state index contributed by atoms with van der Waals surface area (Å²) in [7, 11) is 0. The number of hydrogen-bond donors (Lipinski definition) is 3. The molecule has 0 aromatic rings. The van der Waals surface area contributed by atoms with Crippen molar-refractivity contribution in [3.63, 3.8) is 0 Å². The molecule has 2 heterocycles. The number of ketones is 1. The maximum absolute atomic E-state index is 12.8. The van der Waals surface area contributed by atoms with Gasteiger partial charge in [-0.1, -0.05) is 44.6 Å². The monoisotopic (exact) mass is 478 g/mol. The summed E-state index contributed by atoms with van der Waals surface area (Å²) in [4.78, 5) is 37.6. The summed E-state index contributed by atoms with van der Waals surface area (Å²) in [6.45, 7) is 5.14. The Hall–Kier alpha value is -2.63. The summed E-state index contributed by atoms with van der Waals surface area (Å²) in [5.41, 5.74) is -0.135. The van der Waals surface area contributed by atoms with E-state index in [2.05, 4.69) is 36.6 Å². The predicted octanol–water partition coefficient (Wildman–Crippen LogP) is 4.02. The molecule has 3 aliphatic carbocycles. The maximum Gasteiger partial charge on any atom is 0.259 e. The van der Waals surface area contributed by atoms with Gasteiger partial charge in [-0.2, -0.15) is 0 Å². The van der Waals surface area contributed by atoms with Crippen LogP contribution in [-0.4, -0.2) is 35.3 Å². The van der Waals surface area contributed by atoms with Crippen LogP contribution in [0.25, 0.3) is 0 Å². The first-order chi connectivity index (χ1) is 16.9. The van der Waals surface area contributed by atoms with Gasteiger partial charge in [-0.3, -0.25) is 14.4 Å². The smallest absolute Gasteiger partial charge is 0.259 e. The first-order valence-corrected chi connectivity index (χ1v) is 13.5. The Morgan fingerprint density at radius 3 is 2.57 bits per heavy atom. The van der Waals surface area contributed by atoms with Gasteiger partial charge in [0, 0.05) is 6.54 Å². The third kappa shape index (κ3) is 4.41. The summed E-state index contributed by atoms with van der Waals surface area (Å²) in [5, 5.41) is 16.3. The second kappa shape index (κ2) is 9.79. The molecule has 2 amide bonds. The Bertz CT molecular complexity index is 1010. The molecule has 9 unspecified atom stereocenters. The minimum atomic E-state index is -0.645. The van der Waals surface area contributed by atoms with Crippen LogP contribution in [-0.2, 0) is 14.4 Å². The summed E-state index contributed by atoms with van der Waals surface area (Å²) in [5.74, 6) is 3.16. The summed E-state index contributed by atoms with van der Waals surface area (Å²) < 4.78 is 0. The molecular weight excluding hydrogens is 440 g/mol. The van der Waals surface area contributed by atoms with Crippen LogP contribution >= 0.6 is 0 Å². The van der Waals surface area contributed by atoms with E-state index in [0.29, 0.717) is 49.0 Å². The third-order valence-electron chi connectivity index (χ3n) is 9.52. The van der Waals surface area contributed by atoms with E-state index in [9.17, 15) is 19.5 Å². The zero-order valence-corrected chi connectivity index (χ0v) is 20.8. The molecule has 6 heteroatoms. The van der Waals surface area contributed by atoms with Crippen molar-refractivity contribution in [3.8, 4) is 0 Å². The van der Waals surface area contributed by atoms with Crippen molar-refractivity contribution in [1.29, 1.82) is 0 Å². The molecule has 1 saturated heterocycles. The van der Waals surface area contributed by atoms with E-state index in [1.165, 1.54) is 12.8 Å². The molecule has 0 aromatic heterocycles. The lowest BCUT2D eigenvalue weighted by Crippen LogP contribution is -2.31. The molecule has 2 saturated carbocycles. The van der Waals surface area contributed by atoms with Gasteiger partial charge >= 0.3 is 0 Å². The molecule has 5 aliphatic rings. The van der Waals surface area contributed by atoms with Gasteiger partial charge in [0.05, 0.1) is 6.04 Å². The number of carbonyl (C=O) groups is 3. The number of aliphatic hydroxyl groups excluding tert-OH is 1. The van der Waals surface area contributed by atoms with E-state index in [1.54, 1.807) is 12.2 Å². The van der Waals surface area contributed by atoms with E-state index in [1.807, 2.05) is 12.2 Å². The van der Waals surface area contributed by atoms with Gasteiger partial charge in [-0.05, 0) is 91.6 Å². The van der Waals surface area contributed by atoms with Gasteiger partial charge in [-0.15, -0.1) is 0 Å². The number of rotatable bonds is 1. The Kier molecular flexibility index (Phi) is 6.73. The Balaban J connectivity index is 1.46. The van der Waals surface area contributed by atoms with Crippen LogP contribution in [0.4, 0.5) is 0 Å². The zero-order valence-electron chi connectivity index (χ0n) is 20.8. The summed E-state index contributed by atoms with van der Waals surface area (Å²) in [6.07, 6.45) is 17.4. The molecule has 0 radical (unpaired) electrons. The quantitative estimate of drug-likeness (QED) is 0.392. The number of amides is 2. The highest BCUT2D eigenvalue weighted by molar-refractivity contribution is 6.27. The van der Waals surface area contributed by atoms with Crippen LogP contribution in [0.3, 0.4) is 0 Å². The number of allylic oxidation sites excluding steroid dienone is 5. The third-order valence-corrected chi connectivity index (χ3v) is 9.52. The van der Waals surface area contributed by atoms with E-state index >= 15 is 0 Å². The van der Waals surface area contributed by atoms with Crippen molar-refractivity contribution in [2.24, 2.45) is 47.3 Å². The van der Waals surface area contributed by atoms with Crippen LogP contribution in [0, 0.1) is 47.3 Å². The Morgan fingerprint density at radius 1 is 1.00 bits per heavy atom. The van der Waals surface area contributed by atoms with Gasteiger partial charge in [0.1, 0.15) is 11.3 Å². The zero-order chi connectivity index (χ0) is 24.7. The van der Waals surface area contributed by atoms with Gasteiger partial charge in [0.25, 0.3) is 5.91 Å². The Labute approximate surface area is 208 Å². The lowest BCUT2D eigenvalue weighted by molar-refractivity contribution is -0.118. The first kappa shape index (κ1) is 24.1. The molecular formula is C29H38N2O4. The second-order valence-electron chi connectivity index (χ2n) is 11.3. The topological polar surface area (TPSA) is 95.5 Å². The molecule has 188 valence electrons. The van der Waals surface area contributed by atoms with Crippen LogP contribution in [0.15, 0.2) is 47.8 Å². The van der Waals surface area contributed by atoms with E-state index in [4.69, 9.17) is 0 Å². The SMILES string of the molecule is CCC1C(C)CC2C1C=CC1C3CC=CC(=O)NCCCC4NC(=O)C(=C(O)C=CC3CC12)C4=O. The Morgan fingerprint density at radius 2 is 1.77 bits per heavy atom. The molecule has 2 bridgehead atoms. The number of hydrogen-bond acceptors (Lipinski definition) is 4. The fourth-order valence-electron chi connectivity index (χ4n) is 7.92. The molecule has 5 rings (SSSR count). The molecule has 2 aliphatic heterocycles. The van der Waals surface area contributed by atoms with E-state index in [0.717, 1.165) is 24.7 Å². The minimum absolute atomic E-state index is 0.117. The highest BCUT2D eigenvalue weighted by Crippen LogP contribution is 2.59. The molecule has 35 heavy (non-hydrogen) atoms. The maximum atomic E-state index is 12.8. The molecule has 3 fully saturated rings. The van der Waals surface area contributed by atoms with Crippen molar-refractivity contribution in [1.82, 2.24) is 10.6 Å². The lowest BCUT2D eigenvalue weighted by atomic mass is 9.69. The second-order valence-corrected chi connectivity index (χ2v) is 11.3. The minimum Gasteiger partial charge on any atom is -0.507 e. The van der Waals surface area contributed by atoms with Crippen molar-refractivity contribution in [2.75, 3.05) is 6.54 Å². The van der Waals surface area contributed by atoms with Crippen molar-refractivity contribution in [2.45, 2.75) is 58.4 Å². The van der Waals surface area contributed by atoms with Crippen molar-refractivity contribution < 1.29 is 19.5 Å². The number of nitrogens with one attached hydrogen (secondary N) is 2. The lowest BCUT2D eigenvalue weighted by Gasteiger charge is -2.35. The van der Waals surface area contributed by atoms with Crippen LogP contribution < -0.4 is 10.6 Å². The van der Waals surface area contributed by atoms with Gasteiger partial charge in [-0.25, -0.2) is 0 Å². The molecule has 9 atom stereocenters. The highest BCUT2D eigenvalue weighted by Gasteiger charge is 2.52. The summed E-state index contributed by atoms with van der Waals surface area (Å²) >= 11 is 0. The number of fused-ring (bicyclic) bond motifs is 7. The predicted molar refractivity (Wildman–Crippen MR) is 134 cm³/mol. The first-order valence-electron chi connectivity index (χ1n) is 13.5.